The van der Waals surface area contributed by atoms with E-state index in [0.29, 0.717) is 17.0 Å². The van der Waals surface area contributed by atoms with Gasteiger partial charge in [0, 0.05) is 11.6 Å². The standard InChI is InChI=1S/C26H28FN3O2/c1-25(2,3)22(17-10-11-18(19(27)14-17)26(4)12-13-26)30-24(32)20-15-21(31)29-23(28-20)16-8-6-5-7-9-16/h5-11,14-15,22H,12-13H2,1-4H3,(H,30,32)(H,28,29,31)/t22-/m1/s1. The van der Waals surface area contributed by atoms with Crippen molar-refractivity contribution in [3.8, 4) is 11.4 Å². The van der Waals surface area contributed by atoms with Gasteiger partial charge >= 0.3 is 0 Å². The summed E-state index contributed by atoms with van der Waals surface area (Å²) in [5.41, 5.74) is 1.25. The summed E-state index contributed by atoms with van der Waals surface area (Å²) in [5.74, 6) is -0.401. The van der Waals surface area contributed by atoms with E-state index in [1.165, 1.54) is 12.1 Å². The highest BCUT2D eigenvalue weighted by atomic mass is 19.1. The molecule has 4 rings (SSSR count). The Morgan fingerprint density at radius 3 is 2.41 bits per heavy atom. The lowest BCUT2D eigenvalue weighted by Crippen LogP contribution is -2.37. The van der Waals surface area contributed by atoms with E-state index in [0.717, 1.165) is 18.4 Å². The van der Waals surface area contributed by atoms with Gasteiger partial charge in [0.25, 0.3) is 11.5 Å². The third kappa shape index (κ3) is 4.49. The number of amides is 1. The fourth-order valence-electron chi connectivity index (χ4n) is 3.97. The summed E-state index contributed by atoms with van der Waals surface area (Å²) in [4.78, 5) is 32.3. The average Bonchev–Trinajstić information content (AvgIpc) is 3.49. The zero-order chi connectivity index (χ0) is 23.1. The fourth-order valence-corrected chi connectivity index (χ4v) is 3.97. The van der Waals surface area contributed by atoms with Crippen molar-refractivity contribution in [2.45, 2.75) is 52.0 Å². The topological polar surface area (TPSA) is 74.8 Å². The monoisotopic (exact) mass is 433 g/mol. The van der Waals surface area contributed by atoms with Crippen molar-refractivity contribution in [3.63, 3.8) is 0 Å². The number of carbonyl (C=O) groups excluding carboxylic acids is 1. The van der Waals surface area contributed by atoms with Gasteiger partial charge in [-0.05, 0) is 40.9 Å². The van der Waals surface area contributed by atoms with E-state index in [-0.39, 0.29) is 16.9 Å². The maximum atomic E-state index is 14.9. The summed E-state index contributed by atoms with van der Waals surface area (Å²) in [7, 11) is 0. The van der Waals surface area contributed by atoms with Crippen molar-refractivity contribution in [1.29, 1.82) is 0 Å². The number of carbonyl (C=O) groups is 1. The molecule has 0 unspecified atom stereocenters. The van der Waals surface area contributed by atoms with Crippen LogP contribution in [0, 0.1) is 11.2 Å². The summed E-state index contributed by atoms with van der Waals surface area (Å²) in [6.07, 6.45) is 1.97. The highest BCUT2D eigenvalue weighted by Crippen LogP contribution is 2.49. The SMILES string of the molecule is CC1(c2ccc([C@@H](NC(=O)c3cc(=O)[nH]c(-c4ccccc4)n3)C(C)(C)C)cc2F)CC1. The molecule has 2 aromatic carbocycles. The van der Waals surface area contributed by atoms with Crippen LogP contribution in [0.15, 0.2) is 59.4 Å². The fraction of sp³-hybridized carbons (Fsp3) is 0.346. The second-order valence-corrected chi connectivity index (χ2v) is 9.92. The first kappa shape index (κ1) is 21.9. The van der Waals surface area contributed by atoms with Gasteiger partial charge in [-0.15, -0.1) is 0 Å². The molecule has 1 aromatic heterocycles. The number of halogens is 1. The highest BCUT2D eigenvalue weighted by Gasteiger charge is 2.41. The van der Waals surface area contributed by atoms with E-state index in [1.54, 1.807) is 0 Å². The number of aromatic nitrogens is 2. The first-order chi connectivity index (χ1) is 15.1. The van der Waals surface area contributed by atoms with E-state index in [1.807, 2.05) is 63.2 Å². The largest absolute Gasteiger partial charge is 0.343 e. The number of aromatic amines is 1. The van der Waals surface area contributed by atoms with Gasteiger partial charge in [0.1, 0.15) is 17.3 Å². The minimum absolute atomic E-state index is 0.0180. The molecule has 1 aliphatic rings. The van der Waals surface area contributed by atoms with Gasteiger partial charge in [0.2, 0.25) is 0 Å². The molecule has 1 fully saturated rings. The molecule has 1 amide bonds. The molecule has 0 spiro atoms. The van der Waals surface area contributed by atoms with Crippen LogP contribution in [0.3, 0.4) is 0 Å². The van der Waals surface area contributed by atoms with E-state index in [9.17, 15) is 14.0 Å². The number of nitrogens with zero attached hydrogens (tertiary/aromatic N) is 1. The maximum absolute atomic E-state index is 14.9. The number of hydrogen-bond acceptors (Lipinski definition) is 3. The third-order valence-electron chi connectivity index (χ3n) is 6.14. The molecule has 5 nitrogen and oxygen atoms in total. The molecule has 0 bridgehead atoms. The van der Waals surface area contributed by atoms with Crippen molar-refractivity contribution in [3.05, 3.63) is 87.6 Å². The molecule has 0 saturated heterocycles. The zero-order valence-corrected chi connectivity index (χ0v) is 18.8. The van der Waals surface area contributed by atoms with Gasteiger partial charge in [-0.3, -0.25) is 9.59 Å². The number of H-pyrrole nitrogens is 1. The molecule has 0 aliphatic heterocycles. The smallest absolute Gasteiger partial charge is 0.270 e. The number of benzene rings is 2. The van der Waals surface area contributed by atoms with Crippen LogP contribution >= 0.6 is 0 Å². The van der Waals surface area contributed by atoms with Gasteiger partial charge < -0.3 is 10.3 Å². The van der Waals surface area contributed by atoms with Crippen LogP contribution in [-0.2, 0) is 5.41 Å². The van der Waals surface area contributed by atoms with E-state index >= 15 is 0 Å². The lowest BCUT2D eigenvalue weighted by molar-refractivity contribution is 0.0896. The van der Waals surface area contributed by atoms with Crippen molar-refractivity contribution < 1.29 is 9.18 Å². The van der Waals surface area contributed by atoms with Gasteiger partial charge in [-0.2, -0.15) is 0 Å². The normalized spacial score (nSPS) is 15.8. The molecule has 1 aliphatic carbocycles. The van der Waals surface area contributed by atoms with Crippen molar-refractivity contribution >= 4 is 5.91 Å². The molecular formula is C26H28FN3O2. The molecule has 1 saturated carbocycles. The predicted octanol–water partition coefficient (Wildman–Crippen LogP) is 5.14. The van der Waals surface area contributed by atoms with Crippen LogP contribution in [-0.4, -0.2) is 15.9 Å². The van der Waals surface area contributed by atoms with Crippen LogP contribution in [0.25, 0.3) is 11.4 Å². The van der Waals surface area contributed by atoms with Gasteiger partial charge in [0.15, 0.2) is 0 Å². The minimum Gasteiger partial charge on any atom is -0.343 e. The van der Waals surface area contributed by atoms with E-state index in [2.05, 4.69) is 22.2 Å². The Balaban J connectivity index is 1.65. The molecule has 2 N–H and O–H groups in total. The van der Waals surface area contributed by atoms with E-state index < -0.39 is 22.9 Å². The van der Waals surface area contributed by atoms with Crippen molar-refractivity contribution in [2.24, 2.45) is 5.41 Å². The Hall–Kier alpha value is -3.28. The predicted molar refractivity (Wildman–Crippen MR) is 123 cm³/mol. The van der Waals surface area contributed by atoms with E-state index in [4.69, 9.17) is 0 Å². The molecule has 6 heteroatoms. The molecular weight excluding hydrogens is 405 g/mol. The summed E-state index contributed by atoms with van der Waals surface area (Å²) in [5, 5.41) is 2.98. The molecule has 1 atom stereocenters. The van der Waals surface area contributed by atoms with Crippen LogP contribution in [0.5, 0.6) is 0 Å². The molecule has 166 valence electrons. The summed E-state index contributed by atoms with van der Waals surface area (Å²) >= 11 is 0. The summed E-state index contributed by atoms with van der Waals surface area (Å²) < 4.78 is 14.9. The Kier molecular flexibility index (Phi) is 5.49. The Morgan fingerprint density at radius 1 is 1.12 bits per heavy atom. The quantitative estimate of drug-likeness (QED) is 0.585. The lowest BCUT2D eigenvalue weighted by Gasteiger charge is -2.32. The van der Waals surface area contributed by atoms with Gasteiger partial charge in [-0.1, -0.05) is 70.2 Å². The number of hydrogen-bond donors (Lipinski definition) is 2. The lowest BCUT2D eigenvalue weighted by atomic mass is 9.81. The second kappa shape index (κ2) is 8.01. The van der Waals surface area contributed by atoms with Gasteiger partial charge in [-0.25, -0.2) is 9.37 Å². The molecule has 0 radical (unpaired) electrons. The Bertz CT molecular complexity index is 1210. The van der Waals surface area contributed by atoms with Gasteiger partial charge in [0.05, 0.1) is 6.04 Å². The first-order valence-electron chi connectivity index (χ1n) is 10.8. The Labute approximate surface area is 187 Å². The average molecular weight is 434 g/mol. The Morgan fingerprint density at radius 2 is 1.81 bits per heavy atom. The van der Waals surface area contributed by atoms with Crippen LogP contribution in [0.1, 0.15) is 68.2 Å². The number of rotatable bonds is 5. The summed E-state index contributed by atoms with van der Waals surface area (Å²) in [6.45, 7) is 8.00. The third-order valence-corrected chi connectivity index (χ3v) is 6.14. The highest BCUT2D eigenvalue weighted by molar-refractivity contribution is 5.93. The van der Waals surface area contributed by atoms with Crippen molar-refractivity contribution in [1.82, 2.24) is 15.3 Å². The minimum atomic E-state index is -0.480. The van der Waals surface area contributed by atoms with Crippen LogP contribution < -0.4 is 10.9 Å². The van der Waals surface area contributed by atoms with Crippen LogP contribution in [0.2, 0.25) is 0 Å². The van der Waals surface area contributed by atoms with Crippen LogP contribution in [0.4, 0.5) is 4.39 Å². The molecule has 3 aromatic rings. The second-order valence-electron chi connectivity index (χ2n) is 9.92. The molecule has 1 heterocycles. The summed E-state index contributed by atoms with van der Waals surface area (Å²) in [6, 6.07) is 15.1. The van der Waals surface area contributed by atoms with Crippen molar-refractivity contribution in [2.75, 3.05) is 0 Å². The maximum Gasteiger partial charge on any atom is 0.270 e. The number of nitrogens with one attached hydrogen (secondary N) is 2. The zero-order valence-electron chi connectivity index (χ0n) is 18.8. The molecule has 32 heavy (non-hydrogen) atoms. The first-order valence-corrected chi connectivity index (χ1v) is 10.8.